The number of rotatable bonds is 18. The van der Waals surface area contributed by atoms with Gasteiger partial charge in [-0.1, -0.05) is 120 Å². The molecule has 0 aliphatic carbocycles. The maximum absolute atomic E-state index is 13.1. The van der Waals surface area contributed by atoms with Crippen LogP contribution >= 0.6 is 0 Å². The van der Waals surface area contributed by atoms with Crippen molar-refractivity contribution >= 4 is 33.5 Å². The fourth-order valence-electron chi connectivity index (χ4n) is 5.15. The van der Waals surface area contributed by atoms with Crippen molar-refractivity contribution < 1.29 is 19.4 Å². The van der Waals surface area contributed by atoms with Crippen molar-refractivity contribution in [3.8, 4) is 0 Å². The fourth-order valence-corrected chi connectivity index (χ4v) is 5.15. The highest BCUT2D eigenvalue weighted by Crippen LogP contribution is 2.27. The van der Waals surface area contributed by atoms with Crippen molar-refractivity contribution in [2.45, 2.75) is 109 Å². The summed E-state index contributed by atoms with van der Waals surface area (Å²) in [5.41, 5.74) is 0.490. The molecule has 4 nitrogen and oxygen atoms in total. The van der Waals surface area contributed by atoms with Gasteiger partial charge in [-0.3, -0.25) is 4.79 Å². The summed E-state index contributed by atoms with van der Waals surface area (Å²) in [5, 5.41) is 13.4. The number of fused-ring (bicyclic) bond motifs is 2. The van der Waals surface area contributed by atoms with E-state index in [-0.39, 0.29) is 6.42 Å². The Labute approximate surface area is 222 Å². The average Bonchev–Trinajstić information content (AvgIpc) is 2.89. The van der Waals surface area contributed by atoms with Gasteiger partial charge in [0.15, 0.2) is 0 Å². The Bertz CT molecular complexity index is 1120. The van der Waals surface area contributed by atoms with Gasteiger partial charge < -0.3 is 9.84 Å². The molecular weight excluding hydrogens is 460 g/mol. The molecule has 0 bridgehead atoms. The lowest BCUT2D eigenvalue weighted by atomic mass is 9.99. The lowest BCUT2D eigenvalue weighted by molar-refractivity contribution is -0.139. The zero-order chi connectivity index (χ0) is 26.3. The molecule has 0 aliphatic rings. The van der Waals surface area contributed by atoms with Gasteiger partial charge in [0.1, 0.15) is 6.10 Å². The van der Waals surface area contributed by atoms with Gasteiger partial charge in [-0.05, 0) is 52.6 Å². The summed E-state index contributed by atoms with van der Waals surface area (Å²) in [5.74, 6) is -1.38. The number of unbranched alkanes of at least 4 members (excludes halogenated alkanes) is 12. The van der Waals surface area contributed by atoms with Gasteiger partial charge in [-0.15, -0.1) is 0 Å². The Hall–Kier alpha value is -2.88. The van der Waals surface area contributed by atoms with Crippen LogP contribution in [0.5, 0.6) is 0 Å². The number of carboxylic acids is 1. The summed E-state index contributed by atoms with van der Waals surface area (Å²) in [6.07, 6.45) is 16.2. The minimum Gasteiger partial charge on any atom is -0.481 e. The second kappa shape index (κ2) is 16.1. The first-order chi connectivity index (χ1) is 18.1. The summed E-state index contributed by atoms with van der Waals surface area (Å²) in [4.78, 5) is 24.5. The monoisotopic (exact) mass is 504 g/mol. The maximum atomic E-state index is 13.1. The van der Waals surface area contributed by atoms with Crippen molar-refractivity contribution in [1.82, 2.24) is 0 Å². The molecule has 3 rings (SSSR count). The standard InChI is InChI=1S/C33H44O4/c1-2-3-4-5-6-7-8-9-10-11-12-13-14-21-29(25-32(34)35)37-33(36)30-22-17-20-28-23-26-18-15-16-19-27(26)24-31(28)30/h15-20,22-24,29H,2-14,21,25H2,1H3,(H,34,35). The van der Waals surface area contributed by atoms with Crippen LogP contribution in [-0.2, 0) is 9.53 Å². The second-order valence-electron chi connectivity index (χ2n) is 10.4. The van der Waals surface area contributed by atoms with Gasteiger partial charge in [0, 0.05) is 0 Å². The molecule has 0 aromatic heterocycles. The van der Waals surface area contributed by atoms with E-state index < -0.39 is 18.0 Å². The van der Waals surface area contributed by atoms with Crippen molar-refractivity contribution in [3.63, 3.8) is 0 Å². The van der Waals surface area contributed by atoms with Crippen LogP contribution in [0.2, 0.25) is 0 Å². The van der Waals surface area contributed by atoms with Crippen LogP contribution in [0.3, 0.4) is 0 Å². The number of hydrogen-bond donors (Lipinski definition) is 1. The molecule has 1 N–H and O–H groups in total. The lowest BCUT2D eigenvalue weighted by Crippen LogP contribution is -2.22. The molecule has 0 saturated heterocycles. The third-order valence-electron chi connectivity index (χ3n) is 7.27. The van der Waals surface area contributed by atoms with Crippen molar-refractivity contribution in [2.24, 2.45) is 0 Å². The van der Waals surface area contributed by atoms with E-state index in [0.29, 0.717) is 12.0 Å². The Balaban J connectivity index is 1.43. The van der Waals surface area contributed by atoms with Crippen LogP contribution in [0.15, 0.2) is 54.6 Å². The maximum Gasteiger partial charge on any atom is 0.339 e. The highest BCUT2D eigenvalue weighted by atomic mass is 16.5. The SMILES string of the molecule is CCCCCCCCCCCCCCCC(CC(=O)O)OC(=O)c1cccc2cc3ccccc3cc12. The molecule has 200 valence electrons. The summed E-state index contributed by atoms with van der Waals surface area (Å²) in [6.45, 7) is 2.26. The molecule has 1 unspecified atom stereocenters. The molecule has 1 atom stereocenters. The van der Waals surface area contributed by atoms with Gasteiger partial charge in [-0.2, -0.15) is 0 Å². The molecule has 0 fully saturated rings. The molecule has 37 heavy (non-hydrogen) atoms. The first kappa shape index (κ1) is 28.7. The summed E-state index contributed by atoms with van der Waals surface area (Å²) >= 11 is 0. The molecule has 4 heteroatoms. The number of aliphatic carboxylic acids is 1. The third kappa shape index (κ3) is 9.83. The van der Waals surface area contributed by atoms with Gasteiger partial charge >= 0.3 is 11.9 Å². The molecule has 0 spiro atoms. The number of hydrogen-bond acceptors (Lipinski definition) is 3. The molecule has 0 radical (unpaired) electrons. The highest BCUT2D eigenvalue weighted by Gasteiger charge is 2.20. The Morgan fingerprint density at radius 1 is 0.703 bits per heavy atom. The van der Waals surface area contributed by atoms with E-state index >= 15 is 0 Å². The quantitative estimate of drug-likeness (QED) is 0.106. The van der Waals surface area contributed by atoms with Crippen LogP contribution in [0.4, 0.5) is 0 Å². The Morgan fingerprint density at radius 3 is 1.84 bits per heavy atom. The molecule has 3 aromatic rings. The minimum atomic E-state index is -0.934. The highest BCUT2D eigenvalue weighted by molar-refractivity contribution is 6.09. The Morgan fingerprint density at radius 2 is 1.24 bits per heavy atom. The van der Waals surface area contributed by atoms with Crippen molar-refractivity contribution in [2.75, 3.05) is 0 Å². The van der Waals surface area contributed by atoms with E-state index in [1.807, 2.05) is 36.4 Å². The second-order valence-corrected chi connectivity index (χ2v) is 10.4. The van der Waals surface area contributed by atoms with E-state index in [2.05, 4.69) is 19.1 Å². The molecule has 0 amide bonds. The van der Waals surface area contributed by atoms with Crippen LogP contribution in [0.25, 0.3) is 21.5 Å². The average molecular weight is 505 g/mol. The predicted molar refractivity (Wildman–Crippen MR) is 153 cm³/mol. The number of carbonyl (C=O) groups is 2. The third-order valence-corrected chi connectivity index (χ3v) is 7.27. The zero-order valence-corrected chi connectivity index (χ0v) is 22.6. The van der Waals surface area contributed by atoms with Crippen molar-refractivity contribution in [1.29, 1.82) is 0 Å². The predicted octanol–water partition coefficient (Wildman–Crippen LogP) is 9.47. The van der Waals surface area contributed by atoms with Gasteiger partial charge in [-0.25, -0.2) is 4.79 Å². The van der Waals surface area contributed by atoms with Gasteiger partial charge in [0.25, 0.3) is 0 Å². The number of benzene rings is 3. The van der Waals surface area contributed by atoms with Crippen LogP contribution in [0, 0.1) is 0 Å². The van der Waals surface area contributed by atoms with Crippen LogP contribution < -0.4 is 0 Å². The first-order valence-electron chi connectivity index (χ1n) is 14.4. The molecular formula is C33H44O4. The molecule has 0 heterocycles. The zero-order valence-electron chi connectivity index (χ0n) is 22.6. The Kier molecular flexibility index (Phi) is 12.5. The van der Waals surface area contributed by atoms with Crippen LogP contribution in [-0.4, -0.2) is 23.1 Å². The lowest BCUT2D eigenvalue weighted by Gasteiger charge is -2.17. The molecule has 0 aliphatic heterocycles. The van der Waals surface area contributed by atoms with E-state index in [1.165, 1.54) is 64.2 Å². The van der Waals surface area contributed by atoms with Crippen LogP contribution in [0.1, 0.15) is 114 Å². The first-order valence-corrected chi connectivity index (χ1v) is 14.4. The normalized spacial score (nSPS) is 12.1. The molecule has 3 aromatic carbocycles. The van der Waals surface area contributed by atoms with Gasteiger partial charge in [0.2, 0.25) is 0 Å². The molecule has 0 saturated carbocycles. The van der Waals surface area contributed by atoms with E-state index in [4.69, 9.17) is 4.74 Å². The van der Waals surface area contributed by atoms with E-state index in [1.54, 1.807) is 6.07 Å². The number of esters is 1. The number of carbonyl (C=O) groups excluding carboxylic acids is 1. The largest absolute Gasteiger partial charge is 0.481 e. The summed E-state index contributed by atoms with van der Waals surface area (Å²) in [7, 11) is 0. The smallest absolute Gasteiger partial charge is 0.339 e. The number of carboxylic acid groups (broad SMARTS) is 1. The fraction of sp³-hybridized carbons (Fsp3) is 0.515. The van der Waals surface area contributed by atoms with E-state index in [0.717, 1.165) is 40.8 Å². The van der Waals surface area contributed by atoms with Gasteiger partial charge in [0.05, 0.1) is 12.0 Å². The number of ether oxygens (including phenoxy) is 1. The minimum absolute atomic E-state index is 0.155. The van der Waals surface area contributed by atoms with Crippen molar-refractivity contribution in [3.05, 3.63) is 60.2 Å². The topological polar surface area (TPSA) is 63.6 Å². The van der Waals surface area contributed by atoms with E-state index in [9.17, 15) is 14.7 Å². The summed E-state index contributed by atoms with van der Waals surface area (Å²) in [6, 6.07) is 17.8. The summed E-state index contributed by atoms with van der Waals surface area (Å²) < 4.78 is 5.75.